The number of rotatable bonds is 2. The molecule has 0 aliphatic heterocycles. The Hall–Kier alpha value is 0.0300. The molecule has 1 unspecified atom stereocenters. The van der Waals surface area contributed by atoms with Crippen LogP contribution in [0.5, 0.6) is 0 Å². The fraction of sp³-hybridized carbons (Fsp3) is 0.200. The van der Waals surface area contributed by atoms with Gasteiger partial charge in [-0.05, 0) is 25.1 Å². The molecule has 2 aromatic rings. The predicted octanol–water partition coefficient (Wildman–Crippen LogP) is 5.03. The fourth-order valence-corrected chi connectivity index (χ4v) is 3.42. The number of hydrogen-bond acceptors (Lipinski definition) is 3. The maximum Gasteiger partial charge on any atom is 0.147 e. The average Bonchev–Trinajstić information content (AvgIpc) is 2.64. The Kier molecular flexibility index (Phi) is 4.00. The molecule has 16 heavy (non-hydrogen) atoms. The standard InChI is InChI=1S/C10H7Br2ClN2S/c1-5(13)9-14-15-10(16-9)6-2-7(11)4-8(12)3-6/h2-5H,1H3. The molecule has 0 aliphatic rings. The maximum atomic E-state index is 5.96. The quantitative estimate of drug-likeness (QED) is 0.681. The Bertz CT molecular complexity index is 493. The van der Waals surface area contributed by atoms with Gasteiger partial charge in [0.2, 0.25) is 0 Å². The van der Waals surface area contributed by atoms with Gasteiger partial charge in [-0.3, -0.25) is 0 Å². The highest BCUT2D eigenvalue weighted by Gasteiger charge is 2.11. The van der Waals surface area contributed by atoms with Crippen molar-refractivity contribution in [2.24, 2.45) is 0 Å². The van der Waals surface area contributed by atoms with E-state index in [1.165, 1.54) is 11.3 Å². The van der Waals surface area contributed by atoms with Crippen LogP contribution in [0, 0.1) is 0 Å². The molecule has 0 spiro atoms. The van der Waals surface area contributed by atoms with Crippen molar-refractivity contribution in [3.8, 4) is 10.6 Å². The van der Waals surface area contributed by atoms with Crippen molar-refractivity contribution < 1.29 is 0 Å². The predicted molar refractivity (Wildman–Crippen MR) is 75.0 cm³/mol. The summed E-state index contributed by atoms with van der Waals surface area (Å²) in [5, 5.41) is 9.81. The Morgan fingerprint density at radius 1 is 1.19 bits per heavy atom. The molecule has 0 aliphatic carbocycles. The molecule has 1 aromatic carbocycles. The molecule has 1 heterocycles. The van der Waals surface area contributed by atoms with E-state index in [9.17, 15) is 0 Å². The van der Waals surface area contributed by atoms with Gasteiger partial charge in [-0.1, -0.05) is 43.2 Å². The Morgan fingerprint density at radius 3 is 2.31 bits per heavy atom. The van der Waals surface area contributed by atoms with E-state index in [-0.39, 0.29) is 5.38 Å². The van der Waals surface area contributed by atoms with Crippen LogP contribution in [0.15, 0.2) is 27.1 Å². The zero-order valence-corrected chi connectivity index (χ0v) is 13.0. The summed E-state index contributed by atoms with van der Waals surface area (Å²) in [7, 11) is 0. The minimum Gasteiger partial charge on any atom is -0.142 e. The lowest BCUT2D eigenvalue weighted by Gasteiger charge is -1.98. The van der Waals surface area contributed by atoms with Crippen molar-refractivity contribution in [1.82, 2.24) is 10.2 Å². The summed E-state index contributed by atoms with van der Waals surface area (Å²) in [5.74, 6) is 0. The molecular weight excluding hydrogens is 375 g/mol. The van der Waals surface area contributed by atoms with Gasteiger partial charge >= 0.3 is 0 Å². The molecule has 0 amide bonds. The maximum absolute atomic E-state index is 5.96. The van der Waals surface area contributed by atoms with Gasteiger partial charge < -0.3 is 0 Å². The summed E-state index contributed by atoms with van der Waals surface area (Å²) in [6.07, 6.45) is 0. The van der Waals surface area contributed by atoms with E-state index in [0.29, 0.717) is 0 Å². The molecular formula is C10H7Br2ClN2S. The normalized spacial score (nSPS) is 12.8. The number of benzene rings is 1. The highest BCUT2D eigenvalue weighted by Crippen LogP contribution is 2.32. The van der Waals surface area contributed by atoms with Gasteiger partial charge in [-0.15, -0.1) is 21.8 Å². The lowest BCUT2D eigenvalue weighted by Crippen LogP contribution is -1.81. The van der Waals surface area contributed by atoms with Crippen LogP contribution in [-0.2, 0) is 0 Å². The van der Waals surface area contributed by atoms with Gasteiger partial charge in [0, 0.05) is 14.5 Å². The van der Waals surface area contributed by atoms with Gasteiger partial charge in [0.05, 0.1) is 5.38 Å². The summed E-state index contributed by atoms with van der Waals surface area (Å²) in [6, 6.07) is 6.00. The summed E-state index contributed by atoms with van der Waals surface area (Å²) in [5.41, 5.74) is 1.03. The minimum atomic E-state index is -0.0955. The number of nitrogens with zero attached hydrogens (tertiary/aromatic N) is 2. The van der Waals surface area contributed by atoms with Crippen LogP contribution >= 0.6 is 54.8 Å². The molecule has 2 rings (SSSR count). The molecule has 0 radical (unpaired) electrons. The van der Waals surface area contributed by atoms with Gasteiger partial charge in [0.25, 0.3) is 0 Å². The molecule has 6 heteroatoms. The monoisotopic (exact) mass is 380 g/mol. The van der Waals surface area contributed by atoms with Crippen LogP contribution in [0.3, 0.4) is 0 Å². The highest BCUT2D eigenvalue weighted by molar-refractivity contribution is 9.11. The van der Waals surface area contributed by atoms with Crippen molar-refractivity contribution in [2.45, 2.75) is 12.3 Å². The molecule has 1 aromatic heterocycles. The van der Waals surface area contributed by atoms with E-state index < -0.39 is 0 Å². The second-order valence-electron chi connectivity index (χ2n) is 3.22. The van der Waals surface area contributed by atoms with Crippen LogP contribution in [0.2, 0.25) is 0 Å². The van der Waals surface area contributed by atoms with E-state index in [0.717, 1.165) is 24.5 Å². The van der Waals surface area contributed by atoms with Gasteiger partial charge in [-0.25, -0.2) is 0 Å². The summed E-state index contributed by atoms with van der Waals surface area (Å²) >= 11 is 14.4. The van der Waals surface area contributed by atoms with E-state index in [1.54, 1.807) is 0 Å². The van der Waals surface area contributed by atoms with Crippen molar-refractivity contribution in [2.75, 3.05) is 0 Å². The third-order valence-electron chi connectivity index (χ3n) is 1.89. The largest absolute Gasteiger partial charge is 0.147 e. The number of aromatic nitrogens is 2. The van der Waals surface area contributed by atoms with E-state index in [2.05, 4.69) is 42.1 Å². The zero-order valence-electron chi connectivity index (χ0n) is 8.25. The summed E-state index contributed by atoms with van der Waals surface area (Å²) in [6.45, 7) is 1.89. The minimum absolute atomic E-state index is 0.0955. The third kappa shape index (κ3) is 2.83. The van der Waals surface area contributed by atoms with E-state index in [4.69, 9.17) is 11.6 Å². The molecule has 1 atom stereocenters. The summed E-state index contributed by atoms with van der Waals surface area (Å²) < 4.78 is 2.01. The Balaban J connectivity index is 2.42. The average molecular weight is 383 g/mol. The topological polar surface area (TPSA) is 25.8 Å². The van der Waals surface area contributed by atoms with Crippen molar-refractivity contribution in [3.63, 3.8) is 0 Å². The fourth-order valence-electron chi connectivity index (χ4n) is 1.19. The molecule has 2 nitrogen and oxygen atoms in total. The third-order valence-corrected chi connectivity index (χ3v) is 4.30. The highest BCUT2D eigenvalue weighted by atomic mass is 79.9. The van der Waals surface area contributed by atoms with Crippen molar-refractivity contribution >= 4 is 54.8 Å². The lowest BCUT2D eigenvalue weighted by molar-refractivity contribution is 0.962. The van der Waals surface area contributed by atoms with Crippen LogP contribution < -0.4 is 0 Å². The Morgan fingerprint density at radius 2 is 1.81 bits per heavy atom. The number of alkyl halides is 1. The molecule has 0 bridgehead atoms. The molecule has 0 N–H and O–H groups in total. The van der Waals surface area contributed by atoms with E-state index >= 15 is 0 Å². The van der Waals surface area contributed by atoms with Gasteiger partial charge in [0.1, 0.15) is 10.0 Å². The van der Waals surface area contributed by atoms with Crippen LogP contribution in [-0.4, -0.2) is 10.2 Å². The second kappa shape index (κ2) is 5.12. The summed E-state index contributed by atoms with van der Waals surface area (Å²) in [4.78, 5) is 0. The SMILES string of the molecule is CC(Cl)c1nnc(-c2cc(Br)cc(Br)c2)s1. The first-order chi connectivity index (χ1) is 7.56. The second-order valence-corrected chi connectivity index (χ2v) is 6.71. The molecule has 84 valence electrons. The lowest BCUT2D eigenvalue weighted by atomic mass is 10.2. The van der Waals surface area contributed by atoms with Crippen LogP contribution in [0.25, 0.3) is 10.6 Å². The molecule has 0 fully saturated rings. The smallest absolute Gasteiger partial charge is 0.142 e. The van der Waals surface area contributed by atoms with Crippen molar-refractivity contribution in [3.05, 3.63) is 32.2 Å². The first kappa shape index (κ1) is 12.5. The molecule has 0 saturated heterocycles. The van der Waals surface area contributed by atoms with Crippen molar-refractivity contribution in [1.29, 1.82) is 0 Å². The first-order valence-corrected chi connectivity index (χ1v) is 7.34. The van der Waals surface area contributed by atoms with Gasteiger partial charge in [-0.2, -0.15) is 0 Å². The van der Waals surface area contributed by atoms with Gasteiger partial charge in [0.15, 0.2) is 0 Å². The number of hydrogen-bond donors (Lipinski definition) is 0. The van der Waals surface area contributed by atoms with E-state index in [1.807, 2.05) is 25.1 Å². The van der Waals surface area contributed by atoms with Crippen LogP contribution in [0.1, 0.15) is 17.3 Å². The first-order valence-electron chi connectivity index (χ1n) is 4.50. The van der Waals surface area contributed by atoms with Crippen LogP contribution in [0.4, 0.5) is 0 Å². The number of halogens is 3. The Labute approximate surface area is 119 Å². The molecule has 0 saturated carbocycles. The zero-order chi connectivity index (χ0) is 11.7.